The van der Waals surface area contributed by atoms with Crippen molar-refractivity contribution >= 4 is 26.8 Å². The number of carbonyl (C=O) groups is 1. The van der Waals surface area contributed by atoms with Crippen molar-refractivity contribution in [3.8, 4) is 0 Å². The topological polar surface area (TPSA) is 98.5 Å². The maximum absolute atomic E-state index is 12.3. The number of hydrogen-bond donors (Lipinski definition) is 1. The molecule has 0 atom stereocenters. The molecule has 1 heterocycles. The second-order valence-electron chi connectivity index (χ2n) is 7.51. The van der Waals surface area contributed by atoms with Gasteiger partial charge in [-0.2, -0.15) is 0 Å². The molecule has 0 amide bonds. The van der Waals surface area contributed by atoms with E-state index in [0.29, 0.717) is 17.8 Å². The maximum atomic E-state index is 12.3. The number of hydrogen-bond acceptors (Lipinski definition) is 5. The fourth-order valence-corrected chi connectivity index (χ4v) is 3.77. The minimum absolute atomic E-state index is 0.122. The Bertz CT molecular complexity index is 975. The third kappa shape index (κ3) is 5.93. The highest BCUT2D eigenvalue weighted by Gasteiger charge is 2.29. The van der Waals surface area contributed by atoms with Crippen LogP contribution in [0, 0.1) is 5.41 Å². The maximum Gasteiger partial charge on any atom is 0.522 e. The molecule has 2 rings (SSSR count). The zero-order valence-electron chi connectivity index (χ0n) is 15.6. The second kappa shape index (κ2) is 7.70. The molecule has 1 aromatic heterocycles. The Kier molecular flexibility index (Phi) is 6.10. The Balaban J connectivity index is 2.46. The molecule has 0 saturated carbocycles. The van der Waals surface area contributed by atoms with Gasteiger partial charge in [0.25, 0.3) is 0 Å². The molecule has 0 spiro atoms. The largest absolute Gasteiger partial charge is 0.522 e. The smallest absolute Gasteiger partial charge is 0.480 e. The summed E-state index contributed by atoms with van der Waals surface area (Å²) in [5, 5.41) is 8.76. The summed E-state index contributed by atoms with van der Waals surface area (Å²) in [4.78, 5) is 14.9. The number of aliphatic carboxylic acids is 1. The monoisotopic (exact) mass is 422 g/mol. The first-order chi connectivity index (χ1) is 12.7. The summed E-state index contributed by atoms with van der Waals surface area (Å²) in [5.74, 6) is -2.06. The number of carboxylic acids is 1. The molecular weight excluding hydrogens is 401 g/mol. The van der Waals surface area contributed by atoms with Crippen LogP contribution in [0.1, 0.15) is 26.6 Å². The van der Waals surface area contributed by atoms with Crippen molar-refractivity contribution < 1.29 is 36.2 Å². The van der Waals surface area contributed by atoms with Crippen LogP contribution in [0.2, 0.25) is 0 Å². The van der Waals surface area contributed by atoms with Crippen LogP contribution in [0.4, 0.5) is 13.2 Å². The summed E-state index contributed by atoms with van der Waals surface area (Å²) in [7, 11) is -4.05. The number of rotatable bonds is 7. The van der Waals surface area contributed by atoms with Crippen LogP contribution in [0.25, 0.3) is 11.0 Å². The third-order valence-corrected chi connectivity index (χ3v) is 5.34. The molecule has 0 radical (unpaired) electrons. The van der Waals surface area contributed by atoms with E-state index in [4.69, 9.17) is 5.11 Å². The van der Waals surface area contributed by atoms with Gasteiger partial charge in [0.1, 0.15) is 5.82 Å². The number of fused-ring (bicyclic) bond motifs is 1. The molecule has 11 heteroatoms. The Morgan fingerprint density at radius 2 is 1.89 bits per heavy atom. The first-order valence-electron chi connectivity index (χ1n) is 8.32. The molecule has 0 aliphatic rings. The second-order valence-corrected chi connectivity index (χ2v) is 9.50. The fraction of sp³-hybridized carbons (Fsp3) is 0.529. The molecule has 28 heavy (non-hydrogen) atoms. The summed E-state index contributed by atoms with van der Waals surface area (Å²) in [6.45, 7) is 5.07. The van der Waals surface area contributed by atoms with Gasteiger partial charge in [-0.25, -0.2) is 13.4 Å². The lowest BCUT2D eigenvalue weighted by Gasteiger charge is -2.19. The summed E-state index contributed by atoms with van der Waals surface area (Å²) in [6.07, 6.45) is -4.32. The molecule has 0 fully saturated rings. The molecule has 2 aromatic rings. The summed E-state index contributed by atoms with van der Waals surface area (Å²) in [5.41, 5.74) is 0.486. The lowest BCUT2D eigenvalue weighted by Crippen LogP contribution is -2.20. The standard InChI is InChI=1S/C17H21F3N2O5S/c1-16(2,3)9-14-21-12-8-11(28(25,26)10-15(23)24)4-5-13(12)22(14)6-7-27-17(18,19)20/h4-5,8H,6-7,9-10H2,1-3H3,(H,23,24). The van der Waals surface area contributed by atoms with Gasteiger partial charge in [-0.3, -0.25) is 9.53 Å². The summed E-state index contributed by atoms with van der Waals surface area (Å²) >= 11 is 0. The third-order valence-electron chi connectivity index (χ3n) is 3.74. The van der Waals surface area contributed by atoms with Crippen LogP contribution in [0.15, 0.2) is 23.1 Å². The zero-order chi connectivity index (χ0) is 21.3. The Hall–Kier alpha value is -2.14. The minimum atomic E-state index is -4.75. The summed E-state index contributed by atoms with van der Waals surface area (Å²) in [6, 6.07) is 3.88. The number of aromatic nitrogens is 2. The van der Waals surface area contributed by atoms with Crippen LogP contribution in [0.5, 0.6) is 0 Å². The zero-order valence-corrected chi connectivity index (χ0v) is 16.4. The SMILES string of the molecule is CC(C)(C)Cc1nc2cc(S(=O)(=O)CC(=O)O)ccc2n1CCOC(F)(F)F. The van der Waals surface area contributed by atoms with Crippen LogP contribution in [-0.4, -0.2) is 47.8 Å². The van der Waals surface area contributed by atoms with Crippen LogP contribution in [-0.2, 0) is 32.3 Å². The van der Waals surface area contributed by atoms with E-state index in [1.807, 2.05) is 20.8 Å². The average molecular weight is 422 g/mol. The van der Waals surface area contributed by atoms with E-state index in [1.54, 1.807) is 4.57 Å². The van der Waals surface area contributed by atoms with E-state index in [9.17, 15) is 26.4 Å². The molecule has 0 aliphatic heterocycles. The van der Waals surface area contributed by atoms with Crippen molar-refractivity contribution in [1.82, 2.24) is 9.55 Å². The predicted octanol–water partition coefficient (Wildman–Crippen LogP) is 3.02. The Morgan fingerprint density at radius 3 is 2.43 bits per heavy atom. The fourth-order valence-electron chi connectivity index (χ4n) is 2.71. The average Bonchev–Trinajstić information content (AvgIpc) is 2.79. The minimum Gasteiger partial charge on any atom is -0.480 e. The van der Waals surface area contributed by atoms with Crippen LogP contribution >= 0.6 is 0 Å². The number of halogens is 3. The van der Waals surface area contributed by atoms with E-state index < -0.39 is 34.5 Å². The number of carboxylic acid groups (broad SMARTS) is 1. The molecule has 156 valence electrons. The molecule has 0 saturated heterocycles. The van der Waals surface area contributed by atoms with Gasteiger partial charge in [0.05, 0.1) is 22.5 Å². The number of benzene rings is 1. The van der Waals surface area contributed by atoms with Gasteiger partial charge in [0.2, 0.25) is 0 Å². The van der Waals surface area contributed by atoms with Gasteiger partial charge >= 0.3 is 12.3 Å². The van der Waals surface area contributed by atoms with Crippen molar-refractivity contribution in [1.29, 1.82) is 0 Å². The highest BCUT2D eigenvalue weighted by Crippen LogP contribution is 2.26. The van der Waals surface area contributed by atoms with Gasteiger partial charge in [-0.15, -0.1) is 13.2 Å². The van der Waals surface area contributed by atoms with Crippen molar-refractivity contribution in [3.63, 3.8) is 0 Å². The van der Waals surface area contributed by atoms with E-state index in [0.717, 1.165) is 0 Å². The normalized spacial score (nSPS) is 13.2. The quantitative estimate of drug-likeness (QED) is 0.737. The van der Waals surface area contributed by atoms with Gasteiger partial charge in [0, 0.05) is 13.0 Å². The molecular formula is C17H21F3N2O5S. The van der Waals surface area contributed by atoms with E-state index in [1.165, 1.54) is 18.2 Å². The van der Waals surface area contributed by atoms with Gasteiger partial charge in [-0.05, 0) is 23.6 Å². The Labute approximate surface area is 160 Å². The number of nitrogens with zero attached hydrogens (tertiary/aromatic N) is 2. The first-order valence-corrected chi connectivity index (χ1v) is 9.98. The number of ether oxygens (including phenoxy) is 1. The lowest BCUT2D eigenvalue weighted by molar-refractivity contribution is -0.325. The van der Waals surface area contributed by atoms with Crippen molar-refractivity contribution in [3.05, 3.63) is 24.0 Å². The Morgan fingerprint density at radius 1 is 1.25 bits per heavy atom. The van der Waals surface area contributed by atoms with Crippen LogP contribution < -0.4 is 0 Å². The summed E-state index contributed by atoms with van der Waals surface area (Å²) < 4.78 is 66.6. The highest BCUT2D eigenvalue weighted by molar-refractivity contribution is 7.92. The number of sulfone groups is 1. The lowest BCUT2D eigenvalue weighted by atomic mass is 9.92. The highest BCUT2D eigenvalue weighted by atomic mass is 32.2. The van der Waals surface area contributed by atoms with Gasteiger partial charge in [-0.1, -0.05) is 20.8 Å². The molecule has 7 nitrogen and oxygen atoms in total. The molecule has 0 aliphatic carbocycles. The molecule has 0 bridgehead atoms. The van der Waals surface area contributed by atoms with Gasteiger partial charge in [0.15, 0.2) is 15.6 Å². The van der Waals surface area contributed by atoms with E-state index >= 15 is 0 Å². The predicted molar refractivity (Wildman–Crippen MR) is 94.6 cm³/mol. The van der Waals surface area contributed by atoms with Crippen molar-refractivity contribution in [2.24, 2.45) is 5.41 Å². The number of alkyl halides is 3. The van der Waals surface area contributed by atoms with Crippen LogP contribution in [0.3, 0.4) is 0 Å². The number of imidazole rings is 1. The van der Waals surface area contributed by atoms with E-state index in [2.05, 4.69) is 9.72 Å². The van der Waals surface area contributed by atoms with Crippen molar-refractivity contribution in [2.45, 2.75) is 45.0 Å². The van der Waals surface area contributed by atoms with Crippen molar-refractivity contribution in [2.75, 3.05) is 12.4 Å². The molecule has 1 aromatic carbocycles. The molecule has 0 unspecified atom stereocenters. The first kappa shape index (κ1) is 22.2. The van der Waals surface area contributed by atoms with E-state index in [-0.39, 0.29) is 22.4 Å². The molecule has 1 N–H and O–H groups in total. The van der Waals surface area contributed by atoms with Gasteiger partial charge < -0.3 is 9.67 Å².